The maximum absolute atomic E-state index is 5.55. The molecular weight excluding hydrogens is 294 g/mol. The van der Waals surface area contributed by atoms with Crippen LogP contribution in [0.25, 0.3) is 11.4 Å². The molecule has 20 heavy (non-hydrogen) atoms. The number of thioether (sulfide) groups is 1. The maximum Gasteiger partial charge on any atom is 0.240 e. The molecule has 1 atom stereocenters. The minimum Gasteiger partial charge on any atom is -0.374 e. The zero-order valence-electron chi connectivity index (χ0n) is 10.6. The van der Waals surface area contributed by atoms with Gasteiger partial charge in [-0.15, -0.1) is 10.2 Å². The van der Waals surface area contributed by atoms with Crippen molar-refractivity contribution in [2.45, 2.75) is 16.5 Å². The average Bonchev–Trinajstić information content (AvgIpc) is 3.09. The fourth-order valence-corrected chi connectivity index (χ4v) is 3.39. The lowest BCUT2D eigenvalue weighted by Gasteiger charge is -2.01. The Morgan fingerprint density at radius 2 is 2.05 bits per heavy atom. The molecule has 102 valence electrons. The van der Waals surface area contributed by atoms with E-state index in [-0.39, 0.29) is 5.25 Å². The van der Waals surface area contributed by atoms with Crippen LogP contribution < -0.4 is 5.73 Å². The third-order valence-electron chi connectivity index (χ3n) is 2.52. The van der Waals surface area contributed by atoms with Crippen molar-refractivity contribution < 1.29 is 4.52 Å². The lowest BCUT2D eigenvalue weighted by Crippen LogP contribution is -1.88. The van der Waals surface area contributed by atoms with Gasteiger partial charge in [0.05, 0.1) is 5.25 Å². The van der Waals surface area contributed by atoms with E-state index in [1.54, 1.807) is 0 Å². The van der Waals surface area contributed by atoms with Crippen molar-refractivity contribution in [2.24, 2.45) is 0 Å². The number of rotatable bonds is 4. The molecule has 6 nitrogen and oxygen atoms in total. The highest BCUT2D eigenvalue weighted by Gasteiger charge is 2.18. The second kappa shape index (κ2) is 5.59. The van der Waals surface area contributed by atoms with E-state index in [4.69, 9.17) is 10.3 Å². The molecular formula is C12H11N5OS2. The molecule has 0 aliphatic heterocycles. The molecule has 0 aliphatic carbocycles. The first-order chi connectivity index (χ1) is 9.72. The van der Waals surface area contributed by atoms with Gasteiger partial charge < -0.3 is 10.3 Å². The number of nitrogens with two attached hydrogens (primary N) is 1. The van der Waals surface area contributed by atoms with Gasteiger partial charge in [-0.2, -0.15) is 4.98 Å². The number of nitrogens with zero attached hydrogens (tertiary/aromatic N) is 4. The third kappa shape index (κ3) is 2.81. The quantitative estimate of drug-likeness (QED) is 0.741. The average molecular weight is 305 g/mol. The maximum atomic E-state index is 5.55. The third-order valence-corrected chi connectivity index (χ3v) is 4.45. The van der Waals surface area contributed by atoms with E-state index in [0.29, 0.717) is 16.8 Å². The van der Waals surface area contributed by atoms with Crippen LogP contribution in [0.3, 0.4) is 0 Å². The van der Waals surface area contributed by atoms with E-state index >= 15 is 0 Å². The molecule has 0 bridgehead atoms. The number of benzene rings is 1. The zero-order valence-corrected chi connectivity index (χ0v) is 12.2. The van der Waals surface area contributed by atoms with Gasteiger partial charge in [0, 0.05) is 5.56 Å². The van der Waals surface area contributed by atoms with Gasteiger partial charge in [0.25, 0.3) is 0 Å². The highest BCUT2D eigenvalue weighted by molar-refractivity contribution is 8.01. The van der Waals surface area contributed by atoms with Gasteiger partial charge in [-0.1, -0.05) is 58.6 Å². The van der Waals surface area contributed by atoms with Crippen LogP contribution in [0.2, 0.25) is 0 Å². The molecule has 1 aromatic carbocycles. The first-order valence-electron chi connectivity index (χ1n) is 5.87. The molecule has 8 heteroatoms. The Morgan fingerprint density at radius 1 is 1.25 bits per heavy atom. The predicted molar refractivity (Wildman–Crippen MR) is 78.3 cm³/mol. The smallest absolute Gasteiger partial charge is 0.240 e. The number of anilines is 1. The van der Waals surface area contributed by atoms with Gasteiger partial charge in [0.15, 0.2) is 4.34 Å². The Morgan fingerprint density at radius 3 is 2.75 bits per heavy atom. The summed E-state index contributed by atoms with van der Waals surface area (Å²) < 4.78 is 6.09. The van der Waals surface area contributed by atoms with Crippen molar-refractivity contribution in [1.82, 2.24) is 20.3 Å². The SMILES string of the molecule is CC(Sc1nnc(N)s1)c1nc(-c2ccccc2)no1. The molecule has 0 radical (unpaired) electrons. The largest absolute Gasteiger partial charge is 0.374 e. The molecule has 3 rings (SSSR count). The first kappa shape index (κ1) is 13.1. The predicted octanol–water partition coefficient (Wildman–Crippen LogP) is 3.02. The van der Waals surface area contributed by atoms with Crippen molar-refractivity contribution in [3.05, 3.63) is 36.2 Å². The Labute approximate surface area is 123 Å². The molecule has 0 aliphatic rings. The van der Waals surface area contributed by atoms with Crippen molar-refractivity contribution in [1.29, 1.82) is 0 Å². The molecule has 0 spiro atoms. The number of hydrogen-bond acceptors (Lipinski definition) is 8. The monoisotopic (exact) mass is 305 g/mol. The topological polar surface area (TPSA) is 90.7 Å². The minimum atomic E-state index is -0.00712. The summed E-state index contributed by atoms with van der Waals surface area (Å²) in [6.45, 7) is 1.98. The van der Waals surface area contributed by atoms with Crippen LogP contribution in [0.1, 0.15) is 18.1 Å². The zero-order chi connectivity index (χ0) is 13.9. The summed E-state index contributed by atoms with van der Waals surface area (Å²) in [6, 6.07) is 9.71. The van der Waals surface area contributed by atoms with E-state index in [2.05, 4.69) is 20.3 Å². The van der Waals surface area contributed by atoms with Crippen LogP contribution in [0, 0.1) is 0 Å². The standard InChI is InChI=1S/C12H11N5OS2/c1-7(19-12-16-15-11(13)20-12)10-14-9(17-18-10)8-5-3-2-4-6-8/h2-7H,1H3,(H2,13,15). The summed E-state index contributed by atoms with van der Waals surface area (Å²) in [5, 5.41) is 12.2. The summed E-state index contributed by atoms with van der Waals surface area (Å²) in [7, 11) is 0. The van der Waals surface area contributed by atoms with E-state index in [1.165, 1.54) is 23.1 Å². The molecule has 2 heterocycles. The second-order valence-electron chi connectivity index (χ2n) is 3.99. The molecule has 0 amide bonds. The molecule has 0 saturated carbocycles. The van der Waals surface area contributed by atoms with E-state index < -0.39 is 0 Å². The highest BCUT2D eigenvalue weighted by atomic mass is 32.2. The second-order valence-corrected chi connectivity index (χ2v) is 6.59. The summed E-state index contributed by atoms with van der Waals surface area (Å²) in [6.07, 6.45) is 0. The summed E-state index contributed by atoms with van der Waals surface area (Å²) in [5.74, 6) is 1.15. The van der Waals surface area contributed by atoms with Gasteiger partial charge in [0.1, 0.15) is 0 Å². The lowest BCUT2D eigenvalue weighted by molar-refractivity contribution is 0.381. The van der Waals surface area contributed by atoms with Crippen LogP contribution in [-0.4, -0.2) is 20.3 Å². The molecule has 3 aromatic rings. The first-order valence-corrected chi connectivity index (χ1v) is 7.56. The van der Waals surface area contributed by atoms with Crippen molar-refractivity contribution in [2.75, 3.05) is 5.73 Å². The normalized spacial score (nSPS) is 12.4. The summed E-state index contributed by atoms with van der Waals surface area (Å²) in [5.41, 5.74) is 6.48. The van der Waals surface area contributed by atoms with E-state index in [1.807, 2.05) is 37.3 Å². The molecule has 1 unspecified atom stereocenters. The molecule has 0 saturated heterocycles. The van der Waals surface area contributed by atoms with E-state index in [9.17, 15) is 0 Å². The van der Waals surface area contributed by atoms with E-state index in [0.717, 1.165) is 9.90 Å². The van der Waals surface area contributed by atoms with Crippen LogP contribution in [0.5, 0.6) is 0 Å². The van der Waals surface area contributed by atoms with Crippen molar-refractivity contribution >= 4 is 28.2 Å². The van der Waals surface area contributed by atoms with Crippen LogP contribution in [0.4, 0.5) is 5.13 Å². The molecule has 2 aromatic heterocycles. The van der Waals surface area contributed by atoms with Crippen LogP contribution >= 0.6 is 23.1 Å². The van der Waals surface area contributed by atoms with Gasteiger partial charge in [-0.25, -0.2) is 0 Å². The number of nitrogen functional groups attached to an aromatic ring is 1. The van der Waals surface area contributed by atoms with Gasteiger partial charge in [-0.05, 0) is 6.92 Å². The van der Waals surface area contributed by atoms with Crippen molar-refractivity contribution in [3.63, 3.8) is 0 Å². The van der Waals surface area contributed by atoms with Gasteiger partial charge >= 0.3 is 0 Å². The Bertz CT molecular complexity index is 697. The lowest BCUT2D eigenvalue weighted by atomic mass is 10.2. The Hall–Kier alpha value is -1.93. The summed E-state index contributed by atoms with van der Waals surface area (Å²) >= 11 is 2.84. The van der Waals surface area contributed by atoms with Crippen LogP contribution in [0.15, 0.2) is 39.2 Å². The molecule has 0 fully saturated rings. The van der Waals surface area contributed by atoms with Crippen molar-refractivity contribution in [3.8, 4) is 11.4 Å². The Kier molecular flexibility index (Phi) is 3.66. The summed E-state index contributed by atoms with van der Waals surface area (Å²) in [4.78, 5) is 4.41. The fourth-order valence-electron chi connectivity index (χ4n) is 1.57. The highest BCUT2D eigenvalue weighted by Crippen LogP contribution is 2.36. The number of aromatic nitrogens is 4. The van der Waals surface area contributed by atoms with Crippen LogP contribution in [-0.2, 0) is 0 Å². The minimum absolute atomic E-state index is 0.00712. The fraction of sp³-hybridized carbons (Fsp3) is 0.167. The van der Waals surface area contributed by atoms with Gasteiger partial charge in [-0.3, -0.25) is 0 Å². The molecule has 2 N–H and O–H groups in total. The Balaban J connectivity index is 1.76. The van der Waals surface area contributed by atoms with Gasteiger partial charge in [0.2, 0.25) is 16.8 Å². The number of hydrogen-bond donors (Lipinski definition) is 1.